The molecule has 2 heterocycles. The van der Waals surface area contributed by atoms with E-state index < -0.39 is 41.5 Å². The van der Waals surface area contributed by atoms with Gasteiger partial charge in [0.2, 0.25) is 17.6 Å². The van der Waals surface area contributed by atoms with Crippen molar-refractivity contribution in [3.8, 4) is 0 Å². The molecular weight excluding hydrogens is 534 g/mol. The van der Waals surface area contributed by atoms with Crippen LogP contribution in [0.25, 0.3) is 10.9 Å². The second-order valence-corrected chi connectivity index (χ2v) is 11.3. The summed E-state index contributed by atoms with van der Waals surface area (Å²) in [6.45, 7) is 0.710. The summed E-state index contributed by atoms with van der Waals surface area (Å²) in [5.74, 6) is -3.06. The third kappa shape index (κ3) is 7.23. The molecule has 220 valence electrons. The van der Waals surface area contributed by atoms with Crippen LogP contribution >= 0.6 is 0 Å². The van der Waals surface area contributed by atoms with Crippen molar-refractivity contribution in [3.05, 3.63) is 71.9 Å². The van der Waals surface area contributed by atoms with Crippen LogP contribution in [0.2, 0.25) is 0 Å². The highest BCUT2D eigenvalue weighted by atomic mass is 16.2. The molecule has 1 aliphatic heterocycles. The van der Waals surface area contributed by atoms with Crippen molar-refractivity contribution in [2.24, 2.45) is 11.8 Å². The second-order valence-electron chi connectivity index (χ2n) is 11.3. The Morgan fingerprint density at radius 2 is 1.62 bits per heavy atom. The predicted octanol–water partition coefficient (Wildman–Crippen LogP) is 2.74. The van der Waals surface area contributed by atoms with Crippen LogP contribution in [0.3, 0.4) is 0 Å². The maximum atomic E-state index is 13.7. The third-order valence-corrected chi connectivity index (χ3v) is 8.26. The number of amides is 4. The molecular formula is C32H37N5O5. The molecule has 1 unspecified atom stereocenters. The first-order valence-corrected chi connectivity index (χ1v) is 14.7. The maximum Gasteiger partial charge on any atom is 0.289 e. The molecule has 2 aromatic carbocycles. The van der Waals surface area contributed by atoms with Gasteiger partial charge in [-0.25, -0.2) is 0 Å². The van der Waals surface area contributed by atoms with Crippen LogP contribution in [0.1, 0.15) is 61.0 Å². The Hall–Kier alpha value is -4.47. The highest BCUT2D eigenvalue weighted by molar-refractivity contribution is 6.38. The molecule has 1 saturated heterocycles. The van der Waals surface area contributed by atoms with Gasteiger partial charge in [0.25, 0.3) is 11.8 Å². The summed E-state index contributed by atoms with van der Waals surface area (Å²) in [6.07, 6.45) is 4.70. The van der Waals surface area contributed by atoms with E-state index in [1.54, 1.807) is 6.07 Å². The molecule has 2 fully saturated rings. The van der Waals surface area contributed by atoms with Gasteiger partial charge in [0.1, 0.15) is 11.7 Å². The summed E-state index contributed by atoms with van der Waals surface area (Å²) in [7, 11) is 0. The molecule has 5 rings (SSSR count). The van der Waals surface area contributed by atoms with Gasteiger partial charge >= 0.3 is 0 Å². The van der Waals surface area contributed by atoms with Gasteiger partial charge < -0.3 is 26.3 Å². The highest BCUT2D eigenvalue weighted by Gasteiger charge is 2.36. The lowest BCUT2D eigenvalue weighted by Crippen LogP contribution is -2.55. The van der Waals surface area contributed by atoms with E-state index in [-0.39, 0.29) is 24.8 Å². The monoisotopic (exact) mass is 571 g/mol. The summed E-state index contributed by atoms with van der Waals surface area (Å²) in [4.78, 5) is 68.8. The Bertz CT molecular complexity index is 1410. The van der Waals surface area contributed by atoms with Gasteiger partial charge in [-0.1, -0.05) is 67.8 Å². The van der Waals surface area contributed by atoms with Gasteiger partial charge in [-0.3, -0.25) is 24.0 Å². The van der Waals surface area contributed by atoms with Gasteiger partial charge in [-0.15, -0.1) is 0 Å². The number of carbonyl (C=O) groups excluding carboxylic acids is 5. The zero-order valence-corrected chi connectivity index (χ0v) is 23.5. The first-order valence-electron chi connectivity index (χ1n) is 14.7. The molecule has 0 spiro atoms. The molecule has 10 heteroatoms. The number of fused-ring (bicyclic) bond motifs is 1. The molecule has 1 aromatic heterocycles. The number of rotatable bonds is 12. The lowest BCUT2D eigenvalue weighted by atomic mass is 9.80. The molecule has 42 heavy (non-hydrogen) atoms. The molecule has 1 aliphatic carbocycles. The second kappa shape index (κ2) is 13.5. The molecule has 2 aliphatic rings. The molecule has 3 aromatic rings. The van der Waals surface area contributed by atoms with E-state index in [9.17, 15) is 24.0 Å². The van der Waals surface area contributed by atoms with Crippen molar-refractivity contribution in [1.82, 2.24) is 26.3 Å². The summed E-state index contributed by atoms with van der Waals surface area (Å²) in [5, 5.41) is 11.9. The summed E-state index contributed by atoms with van der Waals surface area (Å²) in [5.41, 5.74) is 1.96. The smallest absolute Gasteiger partial charge is 0.289 e. The number of ketones is 1. The number of nitrogens with one attached hydrogen (secondary N) is 5. The van der Waals surface area contributed by atoms with Gasteiger partial charge in [0.15, 0.2) is 0 Å². The Balaban J connectivity index is 1.31. The largest absolute Gasteiger partial charge is 0.356 e. The number of carbonyl (C=O) groups is 5. The van der Waals surface area contributed by atoms with Gasteiger partial charge in [0, 0.05) is 29.9 Å². The fraction of sp³-hybridized carbons (Fsp3) is 0.406. The van der Waals surface area contributed by atoms with Crippen LogP contribution in [0.4, 0.5) is 0 Å². The first-order chi connectivity index (χ1) is 20.4. The van der Waals surface area contributed by atoms with E-state index in [1.807, 2.05) is 54.6 Å². The average molecular weight is 572 g/mol. The Kier molecular flexibility index (Phi) is 9.31. The van der Waals surface area contributed by atoms with Crippen LogP contribution in [0, 0.1) is 11.8 Å². The lowest BCUT2D eigenvalue weighted by Gasteiger charge is -2.31. The van der Waals surface area contributed by atoms with Gasteiger partial charge in [-0.05, 0) is 49.3 Å². The number of para-hydroxylation sites is 1. The van der Waals surface area contributed by atoms with Crippen molar-refractivity contribution in [2.75, 3.05) is 6.54 Å². The normalized spacial score (nSPS) is 18.3. The Morgan fingerprint density at radius 1 is 0.857 bits per heavy atom. The topological polar surface area (TPSA) is 149 Å². The minimum absolute atomic E-state index is 0.00127. The zero-order valence-electron chi connectivity index (χ0n) is 23.5. The molecule has 3 atom stereocenters. The van der Waals surface area contributed by atoms with E-state index in [2.05, 4.69) is 26.3 Å². The molecule has 5 N–H and O–H groups in total. The Morgan fingerprint density at radius 3 is 2.33 bits per heavy atom. The fourth-order valence-electron chi connectivity index (χ4n) is 5.60. The van der Waals surface area contributed by atoms with Crippen LogP contribution in [0.15, 0.2) is 60.7 Å². The molecule has 1 saturated carbocycles. The van der Waals surface area contributed by atoms with Crippen LogP contribution in [0.5, 0.6) is 0 Å². The maximum absolute atomic E-state index is 13.7. The minimum atomic E-state index is -1.21. The fourth-order valence-corrected chi connectivity index (χ4v) is 5.60. The predicted molar refractivity (Wildman–Crippen MR) is 157 cm³/mol. The van der Waals surface area contributed by atoms with Gasteiger partial charge in [-0.2, -0.15) is 0 Å². The van der Waals surface area contributed by atoms with Crippen LogP contribution in [-0.2, 0) is 25.7 Å². The van der Waals surface area contributed by atoms with Crippen LogP contribution in [-0.4, -0.2) is 53.0 Å². The first kappa shape index (κ1) is 29.0. The number of piperidine rings is 1. The number of hydrogen-bond acceptors (Lipinski definition) is 5. The number of aromatic nitrogens is 1. The van der Waals surface area contributed by atoms with Crippen molar-refractivity contribution >= 4 is 40.3 Å². The lowest BCUT2D eigenvalue weighted by molar-refractivity contribution is -0.141. The number of hydrogen-bond donors (Lipinski definition) is 5. The quantitative estimate of drug-likeness (QED) is 0.212. The third-order valence-electron chi connectivity index (χ3n) is 8.26. The standard InChI is InChI=1S/C32H37N5O5/c38-28(32(42)34-19-21-8-2-1-3-9-21)25(18-23-13-7-15-33-29(23)39)36-30(40)26(16-20-10-6-11-20)37-31(41)27-17-22-12-4-5-14-24(22)35-27/h1-5,8-9,12,14,17,20,23,25-26,35H,6-7,10-11,13,15-16,18-19H2,(H,33,39)(H,34,42)(H,36,40)(H,37,41)/t23-,25?,26-/m0/s1. The van der Waals surface area contributed by atoms with E-state index in [0.29, 0.717) is 25.1 Å². The number of benzene rings is 2. The summed E-state index contributed by atoms with van der Waals surface area (Å²) in [6, 6.07) is 16.3. The van der Waals surface area contributed by atoms with E-state index in [0.717, 1.165) is 42.1 Å². The van der Waals surface area contributed by atoms with Gasteiger partial charge in [0.05, 0.1) is 6.04 Å². The summed E-state index contributed by atoms with van der Waals surface area (Å²) < 4.78 is 0. The van der Waals surface area contributed by atoms with Crippen molar-refractivity contribution in [3.63, 3.8) is 0 Å². The van der Waals surface area contributed by atoms with Crippen LogP contribution < -0.4 is 21.3 Å². The minimum Gasteiger partial charge on any atom is -0.356 e. The molecule has 4 amide bonds. The van der Waals surface area contributed by atoms with Crippen molar-refractivity contribution in [1.29, 1.82) is 0 Å². The number of H-pyrrole nitrogens is 1. The van der Waals surface area contributed by atoms with E-state index in [4.69, 9.17) is 0 Å². The van der Waals surface area contributed by atoms with Crippen molar-refractivity contribution in [2.45, 2.75) is 63.6 Å². The molecule has 0 radical (unpaired) electrons. The SMILES string of the molecule is O=C(NCc1ccccc1)C(=O)C(C[C@@H]1CCCNC1=O)NC(=O)[C@H](CC1CCC1)NC(=O)c1cc2ccccc2[nH]1. The summed E-state index contributed by atoms with van der Waals surface area (Å²) >= 11 is 0. The number of aromatic amines is 1. The Labute approximate surface area is 244 Å². The molecule has 10 nitrogen and oxygen atoms in total. The van der Waals surface area contributed by atoms with Crippen molar-refractivity contribution < 1.29 is 24.0 Å². The van der Waals surface area contributed by atoms with E-state index in [1.165, 1.54) is 0 Å². The van der Waals surface area contributed by atoms with E-state index >= 15 is 0 Å². The average Bonchev–Trinajstić information content (AvgIpc) is 3.42. The zero-order chi connectivity index (χ0) is 29.5. The highest BCUT2D eigenvalue weighted by Crippen LogP contribution is 2.31. The number of Topliss-reactive ketones (excluding diaryl/α,β-unsaturated/α-hetero) is 1. The molecule has 0 bridgehead atoms.